The number of carboxylic acid groups (broad SMARTS) is 1. The van der Waals surface area contributed by atoms with Crippen LogP contribution in [0.4, 0.5) is 11.4 Å². The minimum absolute atomic E-state index is 0.0138. The maximum Gasteiger partial charge on any atom is 0.311 e. The van der Waals surface area contributed by atoms with Crippen molar-refractivity contribution in [3.63, 3.8) is 0 Å². The van der Waals surface area contributed by atoms with Gasteiger partial charge in [0.25, 0.3) is 5.69 Å². The molecule has 1 aliphatic rings. The number of hydrogen-bond donors (Lipinski definition) is 2. The summed E-state index contributed by atoms with van der Waals surface area (Å²) in [5.41, 5.74) is 1.14. The van der Waals surface area contributed by atoms with Crippen molar-refractivity contribution >= 4 is 33.3 Å². The van der Waals surface area contributed by atoms with Gasteiger partial charge >= 0.3 is 5.97 Å². The number of hydrogen-bond acceptors (Lipinski definition) is 5. The molecule has 1 aliphatic heterocycles. The van der Waals surface area contributed by atoms with Crippen molar-refractivity contribution in [1.29, 1.82) is 0 Å². The Hall–Kier alpha value is -1.67. The highest BCUT2D eigenvalue weighted by molar-refractivity contribution is 9.10. The number of nitro groups is 1. The maximum atomic E-state index is 11.1. The molecule has 108 valence electrons. The maximum absolute atomic E-state index is 11.1. The molecule has 8 heteroatoms. The van der Waals surface area contributed by atoms with E-state index in [0.29, 0.717) is 22.3 Å². The van der Waals surface area contributed by atoms with Gasteiger partial charge in [-0.2, -0.15) is 0 Å². The molecule has 20 heavy (non-hydrogen) atoms. The van der Waals surface area contributed by atoms with Crippen LogP contribution in [0.2, 0.25) is 0 Å². The highest BCUT2D eigenvalue weighted by Gasteiger charge is 2.34. The Balaban J connectivity index is 2.24. The summed E-state index contributed by atoms with van der Waals surface area (Å²) < 4.78 is 5.69. The fraction of sp³-hybridized carbons (Fsp3) is 0.417. The van der Waals surface area contributed by atoms with E-state index in [4.69, 9.17) is 9.84 Å². The zero-order valence-electron chi connectivity index (χ0n) is 10.6. The lowest BCUT2D eigenvalue weighted by Crippen LogP contribution is -2.33. The van der Waals surface area contributed by atoms with Gasteiger partial charge in [0.15, 0.2) is 0 Å². The van der Waals surface area contributed by atoms with Gasteiger partial charge in [-0.3, -0.25) is 14.9 Å². The highest BCUT2D eigenvalue weighted by atomic mass is 79.9. The molecule has 1 fully saturated rings. The van der Waals surface area contributed by atoms with Crippen LogP contribution >= 0.6 is 15.9 Å². The van der Waals surface area contributed by atoms with Crippen molar-refractivity contribution in [3.05, 3.63) is 32.3 Å². The number of nitrogens with zero attached hydrogens (tertiary/aromatic N) is 1. The lowest BCUT2D eigenvalue weighted by Gasteiger charge is -2.18. The van der Waals surface area contributed by atoms with Gasteiger partial charge < -0.3 is 15.2 Å². The molecule has 2 unspecified atom stereocenters. The van der Waals surface area contributed by atoms with Crippen LogP contribution < -0.4 is 5.32 Å². The molecular weight excluding hydrogens is 332 g/mol. The van der Waals surface area contributed by atoms with Gasteiger partial charge in [-0.05, 0) is 28.9 Å². The fourth-order valence-electron chi connectivity index (χ4n) is 2.12. The number of nitrogens with one attached hydrogen (secondary N) is 1. The van der Waals surface area contributed by atoms with Crippen LogP contribution in [-0.4, -0.2) is 35.3 Å². The largest absolute Gasteiger partial charge is 0.481 e. The molecule has 2 rings (SSSR count). The highest BCUT2D eigenvalue weighted by Crippen LogP contribution is 2.32. The number of anilines is 1. The second kappa shape index (κ2) is 5.76. The monoisotopic (exact) mass is 344 g/mol. The first-order valence-corrected chi connectivity index (χ1v) is 6.71. The molecule has 0 aliphatic carbocycles. The smallest absolute Gasteiger partial charge is 0.311 e. The van der Waals surface area contributed by atoms with E-state index in [1.165, 1.54) is 6.07 Å². The molecule has 0 bridgehead atoms. The van der Waals surface area contributed by atoms with Crippen LogP contribution in [0.25, 0.3) is 0 Å². The van der Waals surface area contributed by atoms with Gasteiger partial charge in [-0.25, -0.2) is 0 Å². The van der Waals surface area contributed by atoms with E-state index in [9.17, 15) is 14.9 Å². The predicted octanol–water partition coefficient (Wildman–Crippen LogP) is 2.18. The molecule has 1 aromatic carbocycles. The molecule has 7 nitrogen and oxygen atoms in total. The SMILES string of the molecule is Cc1cc(NC2COCC2C(=O)O)c(Br)cc1[N+](=O)[O-]. The van der Waals surface area contributed by atoms with E-state index in [0.717, 1.165) is 0 Å². The van der Waals surface area contributed by atoms with Crippen molar-refractivity contribution in [3.8, 4) is 0 Å². The summed E-state index contributed by atoms with van der Waals surface area (Å²) >= 11 is 3.26. The van der Waals surface area contributed by atoms with Gasteiger partial charge in [0, 0.05) is 21.8 Å². The second-order valence-electron chi connectivity index (χ2n) is 4.61. The number of carboxylic acids is 1. The van der Waals surface area contributed by atoms with E-state index in [-0.39, 0.29) is 18.3 Å². The first kappa shape index (κ1) is 14.7. The number of rotatable bonds is 4. The Morgan fingerprint density at radius 1 is 1.55 bits per heavy atom. The molecular formula is C12H13BrN2O5. The van der Waals surface area contributed by atoms with Crippen LogP contribution in [-0.2, 0) is 9.53 Å². The van der Waals surface area contributed by atoms with Gasteiger partial charge in [0.2, 0.25) is 0 Å². The third-order valence-electron chi connectivity index (χ3n) is 3.22. The molecule has 2 N–H and O–H groups in total. The Labute approximate surface area is 123 Å². The number of aryl methyl sites for hydroxylation is 1. The topological polar surface area (TPSA) is 102 Å². The lowest BCUT2D eigenvalue weighted by molar-refractivity contribution is -0.385. The molecule has 1 aromatic rings. The van der Waals surface area contributed by atoms with Gasteiger partial charge in [-0.15, -0.1) is 0 Å². The van der Waals surface area contributed by atoms with Crippen LogP contribution in [0.1, 0.15) is 5.56 Å². The summed E-state index contributed by atoms with van der Waals surface area (Å²) in [6, 6.07) is 2.67. The summed E-state index contributed by atoms with van der Waals surface area (Å²) in [5.74, 6) is -1.55. The third-order valence-corrected chi connectivity index (χ3v) is 3.88. The number of aliphatic carboxylic acids is 1. The zero-order valence-corrected chi connectivity index (χ0v) is 12.2. The summed E-state index contributed by atoms with van der Waals surface area (Å²) in [7, 11) is 0. The minimum Gasteiger partial charge on any atom is -0.481 e. The first-order chi connectivity index (χ1) is 9.40. The Kier molecular flexibility index (Phi) is 4.24. The molecule has 0 radical (unpaired) electrons. The summed E-state index contributed by atoms with van der Waals surface area (Å²) in [5, 5.41) is 23.0. The summed E-state index contributed by atoms with van der Waals surface area (Å²) in [6.07, 6.45) is 0. The predicted molar refractivity (Wildman–Crippen MR) is 74.9 cm³/mol. The number of halogens is 1. The number of nitro benzene ring substituents is 1. The summed E-state index contributed by atoms with van der Waals surface area (Å²) in [6.45, 7) is 2.09. The van der Waals surface area contributed by atoms with Gasteiger partial charge in [0.05, 0.1) is 24.2 Å². The van der Waals surface area contributed by atoms with E-state index in [2.05, 4.69) is 21.2 Å². The van der Waals surface area contributed by atoms with Crippen molar-refractivity contribution in [2.24, 2.45) is 5.92 Å². The number of ether oxygens (including phenoxy) is 1. The van der Waals surface area contributed by atoms with Crippen molar-refractivity contribution in [1.82, 2.24) is 0 Å². The van der Waals surface area contributed by atoms with Crippen molar-refractivity contribution in [2.45, 2.75) is 13.0 Å². The van der Waals surface area contributed by atoms with Crippen LogP contribution in [0, 0.1) is 23.0 Å². The van der Waals surface area contributed by atoms with Crippen molar-refractivity contribution in [2.75, 3.05) is 18.5 Å². The Morgan fingerprint density at radius 2 is 2.25 bits per heavy atom. The Morgan fingerprint density at radius 3 is 2.85 bits per heavy atom. The molecule has 0 spiro atoms. The first-order valence-electron chi connectivity index (χ1n) is 5.91. The Bertz CT molecular complexity index is 563. The second-order valence-corrected chi connectivity index (χ2v) is 5.46. The minimum atomic E-state index is -0.922. The zero-order chi connectivity index (χ0) is 14.9. The molecule has 0 aromatic heterocycles. The molecule has 1 saturated heterocycles. The number of benzene rings is 1. The fourth-order valence-corrected chi connectivity index (χ4v) is 2.56. The molecule has 1 heterocycles. The van der Waals surface area contributed by atoms with Crippen molar-refractivity contribution < 1.29 is 19.6 Å². The van der Waals surface area contributed by atoms with E-state index >= 15 is 0 Å². The summed E-state index contributed by atoms with van der Waals surface area (Å²) in [4.78, 5) is 21.5. The molecule has 0 amide bonds. The molecule has 0 saturated carbocycles. The third kappa shape index (κ3) is 2.91. The van der Waals surface area contributed by atoms with E-state index < -0.39 is 16.8 Å². The van der Waals surface area contributed by atoms with Crippen LogP contribution in [0.5, 0.6) is 0 Å². The average Bonchev–Trinajstić information content (AvgIpc) is 2.81. The van der Waals surface area contributed by atoms with Gasteiger partial charge in [0.1, 0.15) is 5.92 Å². The van der Waals surface area contributed by atoms with E-state index in [1.54, 1.807) is 13.0 Å². The lowest BCUT2D eigenvalue weighted by atomic mass is 10.0. The number of carbonyl (C=O) groups is 1. The van der Waals surface area contributed by atoms with E-state index in [1.807, 2.05) is 0 Å². The normalized spacial score (nSPS) is 21.7. The van der Waals surface area contributed by atoms with Gasteiger partial charge in [-0.1, -0.05) is 0 Å². The van der Waals surface area contributed by atoms with Crippen LogP contribution in [0.15, 0.2) is 16.6 Å². The standard InChI is InChI=1S/C12H13BrN2O5/c1-6-2-9(8(13)3-11(6)15(18)19)14-10-5-20-4-7(10)12(16)17/h2-3,7,10,14H,4-5H2,1H3,(H,16,17). The average molecular weight is 345 g/mol. The quantitative estimate of drug-likeness (QED) is 0.641. The van der Waals surface area contributed by atoms with Crippen LogP contribution in [0.3, 0.4) is 0 Å². The molecule has 2 atom stereocenters.